The van der Waals surface area contributed by atoms with Crippen LogP contribution in [-0.2, 0) is 13.2 Å². The van der Waals surface area contributed by atoms with Gasteiger partial charge in [-0.05, 0) is 53.6 Å². The van der Waals surface area contributed by atoms with Gasteiger partial charge in [-0.2, -0.15) is 0 Å². The van der Waals surface area contributed by atoms with E-state index < -0.39 is 0 Å². The number of ether oxygens (including phenoxy) is 1. The molecule has 3 aromatic carbocycles. The second kappa shape index (κ2) is 10.9. The number of benzene rings is 3. The normalized spacial score (nSPS) is 14.4. The molecule has 1 heterocycles. The molecule has 0 radical (unpaired) electrons. The third-order valence-electron chi connectivity index (χ3n) is 5.56. The highest BCUT2D eigenvalue weighted by Crippen LogP contribution is 2.28. The van der Waals surface area contributed by atoms with E-state index in [0.717, 1.165) is 28.7 Å². The molecule has 3 aromatic rings. The average Bonchev–Trinajstić information content (AvgIpc) is 2.81. The van der Waals surface area contributed by atoms with Gasteiger partial charge in [0.2, 0.25) is 0 Å². The maximum atomic E-state index is 13.2. The lowest BCUT2D eigenvalue weighted by Crippen LogP contribution is -2.48. The van der Waals surface area contributed by atoms with Crippen LogP contribution in [0.4, 0.5) is 4.39 Å². The van der Waals surface area contributed by atoms with Gasteiger partial charge in [0.15, 0.2) is 0 Å². The Balaban J connectivity index is 1.28. The summed E-state index contributed by atoms with van der Waals surface area (Å²) in [6, 6.07) is 17.4. The largest absolute Gasteiger partial charge is 0.487 e. The molecule has 0 aromatic heterocycles. The number of carbonyl (C=O) groups is 1. The molecule has 172 valence electrons. The van der Waals surface area contributed by atoms with Gasteiger partial charge in [0, 0.05) is 47.8 Å². The van der Waals surface area contributed by atoms with Crippen molar-refractivity contribution in [1.82, 2.24) is 9.80 Å². The van der Waals surface area contributed by atoms with Crippen molar-refractivity contribution in [3.05, 3.63) is 97.7 Å². The van der Waals surface area contributed by atoms with Gasteiger partial charge >= 0.3 is 0 Å². The molecule has 1 saturated heterocycles. The predicted molar refractivity (Wildman–Crippen MR) is 133 cm³/mol. The van der Waals surface area contributed by atoms with E-state index in [0.29, 0.717) is 47.6 Å². The van der Waals surface area contributed by atoms with Crippen molar-refractivity contribution in [2.24, 2.45) is 0 Å². The van der Waals surface area contributed by atoms with E-state index in [2.05, 4.69) is 20.8 Å². The van der Waals surface area contributed by atoms with Crippen LogP contribution in [0.3, 0.4) is 0 Å². The van der Waals surface area contributed by atoms with Gasteiger partial charge < -0.3 is 9.64 Å². The highest BCUT2D eigenvalue weighted by molar-refractivity contribution is 9.10. The fourth-order valence-electron chi connectivity index (χ4n) is 3.68. The van der Waals surface area contributed by atoms with Crippen LogP contribution in [0, 0.1) is 5.82 Å². The first-order chi connectivity index (χ1) is 15.9. The molecule has 1 fully saturated rings. The Hall–Kier alpha value is -2.12. The molecule has 0 aliphatic carbocycles. The molecule has 8 heteroatoms. The van der Waals surface area contributed by atoms with Crippen molar-refractivity contribution in [2.45, 2.75) is 13.2 Å². The molecule has 0 N–H and O–H groups in total. The van der Waals surface area contributed by atoms with Gasteiger partial charge in [0.1, 0.15) is 18.2 Å². The lowest BCUT2D eigenvalue weighted by atomic mass is 10.1. The molecule has 4 nitrogen and oxygen atoms in total. The van der Waals surface area contributed by atoms with Gasteiger partial charge in [0.25, 0.3) is 5.91 Å². The Morgan fingerprint density at radius 2 is 1.67 bits per heavy atom. The van der Waals surface area contributed by atoms with Crippen LogP contribution in [0.15, 0.2) is 65.1 Å². The van der Waals surface area contributed by atoms with Crippen LogP contribution < -0.4 is 4.74 Å². The van der Waals surface area contributed by atoms with Crippen molar-refractivity contribution in [3.8, 4) is 5.75 Å². The van der Waals surface area contributed by atoms with Crippen molar-refractivity contribution in [2.75, 3.05) is 26.2 Å². The maximum absolute atomic E-state index is 13.2. The molecule has 0 atom stereocenters. The van der Waals surface area contributed by atoms with Crippen LogP contribution in [0.2, 0.25) is 10.0 Å². The number of rotatable bonds is 6. The fourth-order valence-corrected chi connectivity index (χ4v) is 4.63. The van der Waals surface area contributed by atoms with E-state index in [1.165, 1.54) is 12.1 Å². The molecule has 0 spiro atoms. The van der Waals surface area contributed by atoms with Crippen LogP contribution >= 0.6 is 39.1 Å². The highest BCUT2D eigenvalue weighted by Gasteiger charge is 2.22. The van der Waals surface area contributed by atoms with Crippen LogP contribution in [0.5, 0.6) is 5.75 Å². The summed E-state index contributed by atoms with van der Waals surface area (Å²) in [4.78, 5) is 17.0. The molecule has 4 rings (SSSR count). The SMILES string of the molecule is O=C(c1ccc(COc2ccc(Br)cc2Cl)cc1)N1CCN(Cc2ccc(F)cc2Cl)CC1. The number of carbonyl (C=O) groups excluding carboxylic acids is 1. The molecular formula is C25H22BrCl2FN2O2. The number of amides is 1. The van der Waals surface area contributed by atoms with Crippen molar-refractivity contribution in [1.29, 1.82) is 0 Å². The fraction of sp³-hybridized carbons (Fsp3) is 0.240. The summed E-state index contributed by atoms with van der Waals surface area (Å²) in [6.45, 7) is 3.73. The smallest absolute Gasteiger partial charge is 0.253 e. The Bertz CT molecular complexity index is 1140. The zero-order chi connectivity index (χ0) is 23.4. The summed E-state index contributed by atoms with van der Waals surface area (Å²) in [5.41, 5.74) is 2.49. The van der Waals surface area contributed by atoms with E-state index in [4.69, 9.17) is 27.9 Å². The minimum Gasteiger partial charge on any atom is -0.487 e. The van der Waals surface area contributed by atoms with Gasteiger partial charge in [0.05, 0.1) is 5.02 Å². The van der Waals surface area contributed by atoms with E-state index >= 15 is 0 Å². The minimum atomic E-state index is -0.339. The average molecular weight is 552 g/mol. The Morgan fingerprint density at radius 1 is 0.939 bits per heavy atom. The number of nitrogens with zero attached hydrogens (tertiary/aromatic N) is 2. The highest BCUT2D eigenvalue weighted by atomic mass is 79.9. The van der Waals surface area contributed by atoms with Crippen molar-refractivity contribution >= 4 is 45.0 Å². The van der Waals surface area contributed by atoms with Crippen molar-refractivity contribution < 1.29 is 13.9 Å². The molecule has 33 heavy (non-hydrogen) atoms. The second-order valence-corrected chi connectivity index (χ2v) is 9.59. The zero-order valence-corrected chi connectivity index (χ0v) is 20.8. The maximum Gasteiger partial charge on any atom is 0.253 e. The Morgan fingerprint density at radius 3 is 2.33 bits per heavy atom. The lowest BCUT2D eigenvalue weighted by molar-refractivity contribution is 0.0628. The molecule has 0 unspecified atom stereocenters. The molecule has 0 bridgehead atoms. The summed E-state index contributed by atoms with van der Waals surface area (Å²) in [7, 11) is 0. The van der Waals surface area contributed by atoms with Gasteiger partial charge in [-0.3, -0.25) is 9.69 Å². The van der Waals surface area contributed by atoms with Crippen LogP contribution in [0.1, 0.15) is 21.5 Å². The second-order valence-electron chi connectivity index (χ2n) is 7.86. The Kier molecular flexibility index (Phi) is 7.91. The summed E-state index contributed by atoms with van der Waals surface area (Å²) in [5.74, 6) is 0.284. The monoisotopic (exact) mass is 550 g/mol. The standard InChI is InChI=1S/C25H22BrCl2FN2O2/c26-20-6-8-24(23(28)13-20)33-16-17-1-3-18(4-2-17)25(32)31-11-9-30(10-12-31)15-19-5-7-21(29)14-22(19)27/h1-8,13-14H,9-12,15-16H2. The molecule has 1 amide bonds. The van der Waals surface area contributed by atoms with Gasteiger partial charge in [-0.25, -0.2) is 4.39 Å². The molecular weight excluding hydrogens is 530 g/mol. The summed E-state index contributed by atoms with van der Waals surface area (Å²) < 4.78 is 19.9. The van der Waals surface area contributed by atoms with Gasteiger partial charge in [-0.15, -0.1) is 0 Å². The summed E-state index contributed by atoms with van der Waals surface area (Å²) in [5, 5.41) is 0.969. The van der Waals surface area contributed by atoms with Crippen LogP contribution in [0.25, 0.3) is 0 Å². The van der Waals surface area contributed by atoms with E-state index in [1.807, 2.05) is 41.3 Å². The summed E-state index contributed by atoms with van der Waals surface area (Å²) >= 11 is 15.7. The summed E-state index contributed by atoms with van der Waals surface area (Å²) in [6.07, 6.45) is 0. The zero-order valence-electron chi connectivity index (χ0n) is 17.7. The number of hydrogen-bond acceptors (Lipinski definition) is 3. The topological polar surface area (TPSA) is 32.8 Å². The van der Waals surface area contributed by atoms with Crippen LogP contribution in [-0.4, -0.2) is 41.9 Å². The third kappa shape index (κ3) is 6.27. The third-order valence-corrected chi connectivity index (χ3v) is 6.70. The van der Waals surface area contributed by atoms with E-state index in [-0.39, 0.29) is 11.7 Å². The quantitative estimate of drug-likeness (QED) is 0.354. The number of hydrogen-bond donors (Lipinski definition) is 0. The minimum absolute atomic E-state index is 0.0119. The first-order valence-electron chi connectivity index (χ1n) is 10.5. The first kappa shape index (κ1) is 24.0. The predicted octanol–water partition coefficient (Wildman–Crippen LogP) is 6.43. The van der Waals surface area contributed by atoms with E-state index in [1.54, 1.807) is 12.1 Å². The molecule has 1 aliphatic heterocycles. The number of piperazine rings is 1. The molecule has 0 saturated carbocycles. The van der Waals surface area contributed by atoms with Gasteiger partial charge in [-0.1, -0.05) is 57.3 Å². The first-order valence-corrected chi connectivity index (χ1v) is 12.1. The van der Waals surface area contributed by atoms with Crippen molar-refractivity contribution in [3.63, 3.8) is 0 Å². The molecule has 1 aliphatic rings. The lowest BCUT2D eigenvalue weighted by Gasteiger charge is -2.35. The Labute approximate surface area is 211 Å². The number of halogens is 4. The van der Waals surface area contributed by atoms with E-state index in [9.17, 15) is 9.18 Å².